The quantitative estimate of drug-likeness (QED) is 0.835. The van der Waals surface area contributed by atoms with E-state index in [1.165, 1.54) is 6.07 Å². The third-order valence-corrected chi connectivity index (χ3v) is 3.88. The molecule has 2 atom stereocenters. The molecule has 0 bridgehead atoms. The Hall–Kier alpha value is -1.45. The number of nitrogens with zero attached hydrogens (tertiary/aromatic N) is 1. The van der Waals surface area contributed by atoms with Crippen molar-refractivity contribution in [1.82, 2.24) is 10.3 Å². The zero-order valence-electron chi connectivity index (χ0n) is 12.3. The van der Waals surface area contributed by atoms with Crippen molar-refractivity contribution in [2.24, 2.45) is 0 Å². The second-order valence-electron chi connectivity index (χ2n) is 5.17. The van der Waals surface area contributed by atoms with Crippen LogP contribution in [0, 0.1) is 5.82 Å². The maximum absolute atomic E-state index is 14.3. The summed E-state index contributed by atoms with van der Waals surface area (Å²) in [5.74, 6) is -0.132. The fourth-order valence-corrected chi connectivity index (χ4v) is 2.63. The second kappa shape index (κ2) is 7.53. The molecule has 0 saturated carbocycles. The van der Waals surface area contributed by atoms with E-state index in [1.54, 1.807) is 24.5 Å². The molecular formula is C17H20ClFN2. The summed E-state index contributed by atoms with van der Waals surface area (Å²) < 4.78 is 14.3. The molecule has 1 aromatic carbocycles. The Balaban J connectivity index is 2.33. The van der Waals surface area contributed by atoms with E-state index in [2.05, 4.69) is 24.1 Å². The normalized spacial score (nSPS) is 13.9. The molecule has 1 N–H and O–H groups in total. The summed E-state index contributed by atoms with van der Waals surface area (Å²) >= 11 is 5.85. The van der Waals surface area contributed by atoms with Crippen molar-refractivity contribution >= 4 is 11.6 Å². The van der Waals surface area contributed by atoms with E-state index in [0.29, 0.717) is 10.6 Å². The molecule has 2 unspecified atom stereocenters. The molecule has 4 heteroatoms. The van der Waals surface area contributed by atoms with Crippen LogP contribution in [0.4, 0.5) is 4.39 Å². The van der Waals surface area contributed by atoms with E-state index in [-0.39, 0.29) is 17.8 Å². The molecule has 2 nitrogen and oxygen atoms in total. The van der Waals surface area contributed by atoms with E-state index < -0.39 is 0 Å². The van der Waals surface area contributed by atoms with Gasteiger partial charge in [-0.15, -0.1) is 0 Å². The molecule has 0 aliphatic carbocycles. The van der Waals surface area contributed by atoms with Crippen LogP contribution in [0.5, 0.6) is 0 Å². The van der Waals surface area contributed by atoms with Crippen LogP contribution in [-0.2, 0) is 0 Å². The van der Waals surface area contributed by atoms with Gasteiger partial charge >= 0.3 is 0 Å². The highest BCUT2D eigenvalue weighted by Gasteiger charge is 2.23. The van der Waals surface area contributed by atoms with Gasteiger partial charge in [0.2, 0.25) is 0 Å². The summed E-state index contributed by atoms with van der Waals surface area (Å²) in [5, 5.41) is 3.86. The first-order valence-corrected chi connectivity index (χ1v) is 7.59. The molecule has 0 saturated heterocycles. The maximum Gasteiger partial charge on any atom is 0.129 e. The molecule has 2 rings (SSSR count). The number of halogens is 2. The molecule has 112 valence electrons. The topological polar surface area (TPSA) is 24.9 Å². The zero-order valence-corrected chi connectivity index (χ0v) is 13.1. The SMILES string of the molecule is CCCNC(c1ccc(Cl)cc1F)C(C)c1ccncc1. The van der Waals surface area contributed by atoms with Crippen LogP contribution >= 0.6 is 11.6 Å². The number of rotatable bonds is 6. The molecule has 0 aliphatic heterocycles. The van der Waals surface area contributed by atoms with Gasteiger partial charge in [-0.25, -0.2) is 4.39 Å². The van der Waals surface area contributed by atoms with Crippen LogP contribution in [-0.4, -0.2) is 11.5 Å². The summed E-state index contributed by atoms with van der Waals surface area (Å²) in [6, 6.07) is 8.72. The van der Waals surface area contributed by atoms with Crippen molar-refractivity contribution in [3.8, 4) is 0 Å². The Bertz CT molecular complexity index is 574. The highest BCUT2D eigenvalue weighted by Crippen LogP contribution is 2.32. The van der Waals surface area contributed by atoms with E-state index in [1.807, 2.05) is 12.1 Å². The number of hydrogen-bond acceptors (Lipinski definition) is 2. The number of benzene rings is 1. The van der Waals surface area contributed by atoms with Gasteiger partial charge in [-0.2, -0.15) is 0 Å². The first-order chi connectivity index (χ1) is 10.1. The second-order valence-corrected chi connectivity index (χ2v) is 5.60. The van der Waals surface area contributed by atoms with Crippen LogP contribution in [0.15, 0.2) is 42.7 Å². The lowest BCUT2D eigenvalue weighted by Gasteiger charge is -2.26. The summed E-state index contributed by atoms with van der Waals surface area (Å²) in [7, 11) is 0. The van der Waals surface area contributed by atoms with Crippen molar-refractivity contribution in [3.63, 3.8) is 0 Å². The van der Waals surface area contributed by atoms with Crippen molar-refractivity contribution in [2.45, 2.75) is 32.2 Å². The number of pyridine rings is 1. The Kier molecular flexibility index (Phi) is 5.71. The van der Waals surface area contributed by atoms with E-state index in [9.17, 15) is 4.39 Å². The van der Waals surface area contributed by atoms with Gasteiger partial charge in [0.15, 0.2) is 0 Å². The van der Waals surface area contributed by atoms with Crippen molar-refractivity contribution in [1.29, 1.82) is 0 Å². The van der Waals surface area contributed by atoms with Gasteiger partial charge in [-0.05, 0) is 42.8 Å². The van der Waals surface area contributed by atoms with Gasteiger partial charge in [0.25, 0.3) is 0 Å². The van der Waals surface area contributed by atoms with Crippen LogP contribution in [0.25, 0.3) is 0 Å². The Morgan fingerprint density at radius 3 is 2.57 bits per heavy atom. The predicted octanol–water partition coefficient (Wildman–Crippen LogP) is 4.72. The van der Waals surface area contributed by atoms with Gasteiger partial charge in [-0.1, -0.05) is 31.5 Å². The van der Waals surface area contributed by atoms with Crippen LogP contribution in [0.3, 0.4) is 0 Å². The summed E-state index contributed by atoms with van der Waals surface area (Å²) in [4.78, 5) is 4.04. The molecule has 0 fully saturated rings. The summed E-state index contributed by atoms with van der Waals surface area (Å²) in [6.07, 6.45) is 4.52. The van der Waals surface area contributed by atoms with E-state index in [4.69, 9.17) is 11.6 Å². The van der Waals surface area contributed by atoms with Crippen molar-refractivity contribution < 1.29 is 4.39 Å². The minimum absolute atomic E-state index is 0.0929. The number of nitrogens with one attached hydrogen (secondary N) is 1. The van der Waals surface area contributed by atoms with Gasteiger partial charge in [0.1, 0.15) is 5.82 Å². The molecule has 0 aliphatic rings. The smallest absolute Gasteiger partial charge is 0.129 e. The summed E-state index contributed by atoms with van der Waals surface area (Å²) in [6.45, 7) is 5.03. The highest BCUT2D eigenvalue weighted by molar-refractivity contribution is 6.30. The average molecular weight is 307 g/mol. The first-order valence-electron chi connectivity index (χ1n) is 7.21. The third-order valence-electron chi connectivity index (χ3n) is 3.64. The largest absolute Gasteiger partial charge is 0.309 e. The molecule has 1 heterocycles. The Morgan fingerprint density at radius 1 is 1.24 bits per heavy atom. The van der Waals surface area contributed by atoms with Gasteiger partial charge in [0.05, 0.1) is 0 Å². The van der Waals surface area contributed by atoms with Gasteiger partial charge in [-0.3, -0.25) is 4.98 Å². The fraction of sp³-hybridized carbons (Fsp3) is 0.353. The lowest BCUT2D eigenvalue weighted by molar-refractivity contribution is 0.445. The standard InChI is InChI=1S/C17H20ClFN2/c1-3-8-21-17(12(2)13-6-9-20-10-7-13)15-5-4-14(18)11-16(15)19/h4-7,9-12,17,21H,3,8H2,1-2H3. The zero-order chi connectivity index (χ0) is 15.2. The first kappa shape index (κ1) is 15.9. The summed E-state index contributed by atoms with van der Waals surface area (Å²) in [5.41, 5.74) is 1.78. The molecule has 1 aromatic heterocycles. The van der Waals surface area contributed by atoms with Crippen LogP contribution in [0.1, 0.15) is 43.4 Å². The number of hydrogen-bond donors (Lipinski definition) is 1. The lowest BCUT2D eigenvalue weighted by Crippen LogP contribution is -2.27. The monoisotopic (exact) mass is 306 g/mol. The van der Waals surface area contributed by atoms with Crippen molar-refractivity contribution in [2.75, 3.05) is 6.54 Å². The Labute approximate surface area is 130 Å². The lowest BCUT2D eigenvalue weighted by atomic mass is 9.88. The van der Waals surface area contributed by atoms with Crippen LogP contribution in [0.2, 0.25) is 5.02 Å². The average Bonchev–Trinajstić information content (AvgIpc) is 2.50. The van der Waals surface area contributed by atoms with Gasteiger partial charge in [0, 0.05) is 34.9 Å². The Morgan fingerprint density at radius 2 is 1.95 bits per heavy atom. The molecule has 0 spiro atoms. The highest BCUT2D eigenvalue weighted by atomic mass is 35.5. The van der Waals surface area contributed by atoms with Crippen LogP contribution < -0.4 is 5.32 Å². The molecule has 21 heavy (non-hydrogen) atoms. The van der Waals surface area contributed by atoms with E-state index >= 15 is 0 Å². The maximum atomic E-state index is 14.3. The predicted molar refractivity (Wildman–Crippen MR) is 85.1 cm³/mol. The molecule has 0 radical (unpaired) electrons. The van der Waals surface area contributed by atoms with E-state index in [0.717, 1.165) is 18.5 Å². The fourth-order valence-electron chi connectivity index (χ4n) is 2.47. The minimum Gasteiger partial charge on any atom is -0.309 e. The minimum atomic E-state index is -0.267. The molecule has 0 amide bonds. The molecule has 2 aromatic rings. The number of aromatic nitrogens is 1. The van der Waals surface area contributed by atoms with Crippen molar-refractivity contribution in [3.05, 3.63) is 64.7 Å². The third kappa shape index (κ3) is 4.02. The molecular weight excluding hydrogens is 287 g/mol. The van der Waals surface area contributed by atoms with Gasteiger partial charge < -0.3 is 5.32 Å².